The van der Waals surface area contributed by atoms with Gasteiger partial charge in [-0.1, -0.05) is 114 Å². The Morgan fingerprint density at radius 2 is 1.16 bits per heavy atom. The summed E-state index contributed by atoms with van der Waals surface area (Å²) in [5, 5.41) is 9.00. The topological polar surface area (TPSA) is 33.5 Å². The molecule has 5 nitrogen and oxygen atoms in total. The first-order valence-electron chi connectivity index (χ1n) is 17.5. The summed E-state index contributed by atoms with van der Waals surface area (Å²) in [5.41, 5.74) is 11.3. The molecule has 248 valence electrons. The van der Waals surface area contributed by atoms with E-state index in [2.05, 4.69) is 165 Å². The maximum absolute atomic E-state index is 6.56. The minimum absolute atomic E-state index is 0.924. The average molecular weight is 679 g/mol. The fourth-order valence-corrected chi connectivity index (χ4v) is 10.0. The van der Waals surface area contributed by atoms with E-state index in [4.69, 9.17) is 9.92 Å². The molecular weight excluding hydrogens is 641 g/mol. The van der Waals surface area contributed by atoms with Gasteiger partial charge in [0.2, 0.25) is 0 Å². The van der Waals surface area contributed by atoms with Gasteiger partial charge >= 0.3 is 0 Å². The predicted octanol–water partition coefficient (Wildman–Crippen LogP) is 10.4. The van der Waals surface area contributed by atoms with Gasteiger partial charge in [-0.3, -0.25) is 4.57 Å². The molecule has 0 bridgehead atoms. The van der Waals surface area contributed by atoms with Gasteiger partial charge in [0.05, 0.1) is 33.8 Å². The summed E-state index contributed by atoms with van der Waals surface area (Å²) in [5.74, 6) is 0.924. The predicted molar refractivity (Wildman–Crippen MR) is 215 cm³/mol. The van der Waals surface area contributed by atoms with Crippen LogP contribution in [0.1, 0.15) is 11.1 Å². The second-order valence-electron chi connectivity index (χ2n) is 13.9. The number of aromatic nitrogens is 2. The molecule has 0 spiro atoms. The van der Waals surface area contributed by atoms with E-state index in [1.807, 2.05) is 34.5 Å². The molecule has 0 amide bonds. The maximum atomic E-state index is 6.56. The van der Waals surface area contributed by atoms with E-state index < -0.39 is 8.07 Å². The molecule has 3 heterocycles. The maximum Gasteiger partial charge on any atom is 0.138 e. The fraction of sp³-hybridized carbons (Fsp3) is 0.0889. The van der Waals surface area contributed by atoms with Crippen LogP contribution >= 0.6 is 0 Å². The van der Waals surface area contributed by atoms with Crippen molar-refractivity contribution in [1.29, 1.82) is 0 Å². The van der Waals surface area contributed by atoms with Gasteiger partial charge in [0, 0.05) is 17.0 Å². The first-order valence-corrected chi connectivity index (χ1v) is 20.5. The number of benzene rings is 6. The van der Waals surface area contributed by atoms with E-state index in [9.17, 15) is 0 Å². The van der Waals surface area contributed by atoms with Gasteiger partial charge in [0.15, 0.2) is 0 Å². The molecule has 0 unspecified atom stereocenters. The zero-order chi connectivity index (χ0) is 34.7. The van der Waals surface area contributed by atoms with Crippen LogP contribution in [0.5, 0.6) is 0 Å². The highest BCUT2D eigenvalue weighted by atomic mass is 28.3. The van der Waals surface area contributed by atoms with Crippen LogP contribution in [0.25, 0.3) is 38.8 Å². The number of hydrogen-bond donors (Lipinski definition) is 0. The third-order valence-electron chi connectivity index (χ3n) is 10.4. The largest absolute Gasteiger partial charge is 0.294 e. The smallest absolute Gasteiger partial charge is 0.138 e. The molecule has 0 N–H and O–H groups in total. The first-order chi connectivity index (χ1) is 24.9. The highest BCUT2D eigenvalue weighted by molar-refractivity contribution is 7.00. The SMILES string of the molecule is Cc1cccc(C)c1-c1ccnc(-n2c3ccccc3c3ccc([Si](C)(C)c4cccc(N5ON(c6ccccc6)c6ccccc65)c4)cc32)c1. The lowest BCUT2D eigenvalue weighted by Gasteiger charge is -2.26. The van der Waals surface area contributed by atoms with Gasteiger partial charge in [0.1, 0.15) is 13.9 Å². The minimum Gasteiger partial charge on any atom is -0.294 e. The van der Waals surface area contributed by atoms with Crippen LogP contribution < -0.4 is 20.5 Å². The highest BCUT2D eigenvalue weighted by Crippen LogP contribution is 2.44. The second-order valence-corrected chi connectivity index (χ2v) is 18.3. The van der Waals surface area contributed by atoms with Crippen LogP contribution in [0.15, 0.2) is 158 Å². The van der Waals surface area contributed by atoms with Crippen LogP contribution in [0.4, 0.5) is 22.7 Å². The molecule has 9 rings (SSSR count). The third kappa shape index (κ3) is 5.14. The molecule has 6 aromatic carbocycles. The third-order valence-corrected chi connectivity index (χ3v) is 13.9. The molecule has 0 saturated heterocycles. The molecule has 1 aliphatic rings. The monoisotopic (exact) mass is 678 g/mol. The zero-order valence-electron chi connectivity index (χ0n) is 29.2. The molecular formula is C45H38N4OSi. The lowest BCUT2D eigenvalue weighted by Crippen LogP contribution is -2.52. The summed E-state index contributed by atoms with van der Waals surface area (Å²) >= 11 is 0. The molecule has 1 aliphatic heterocycles. The van der Waals surface area contributed by atoms with E-state index in [0.717, 1.165) is 34.1 Å². The van der Waals surface area contributed by atoms with Crippen molar-refractivity contribution < 1.29 is 4.94 Å². The van der Waals surface area contributed by atoms with Gasteiger partial charge in [0.25, 0.3) is 0 Å². The summed E-state index contributed by atoms with van der Waals surface area (Å²) in [6.45, 7) is 9.25. The van der Waals surface area contributed by atoms with Gasteiger partial charge in [-0.05, 0) is 96.8 Å². The van der Waals surface area contributed by atoms with E-state index in [1.54, 1.807) is 0 Å². The second kappa shape index (κ2) is 12.1. The number of anilines is 4. The summed E-state index contributed by atoms with van der Waals surface area (Å²) in [6, 6.07) is 54.1. The average Bonchev–Trinajstić information content (AvgIpc) is 3.72. The Morgan fingerprint density at radius 1 is 0.529 bits per heavy atom. The van der Waals surface area contributed by atoms with Gasteiger partial charge in [-0.15, -0.1) is 4.94 Å². The van der Waals surface area contributed by atoms with Crippen molar-refractivity contribution in [3.63, 3.8) is 0 Å². The molecule has 2 aromatic heterocycles. The Balaban J connectivity index is 1.14. The van der Waals surface area contributed by atoms with Crippen molar-refractivity contribution in [1.82, 2.24) is 9.55 Å². The van der Waals surface area contributed by atoms with Gasteiger partial charge < -0.3 is 0 Å². The molecule has 0 aliphatic carbocycles. The van der Waals surface area contributed by atoms with E-state index in [-0.39, 0.29) is 0 Å². The number of nitrogens with zero attached hydrogens (tertiary/aromatic N) is 4. The molecule has 51 heavy (non-hydrogen) atoms. The number of para-hydroxylation sites is 4. The molecule has 0 fully saturated rings. The van der Waals surface area contributed by atoms with Crippen LogP contribution in [-0.2, 0) is 4.94 Å². The van der Waals surface area contributed by atoms with Gasteiger partial charge in [-0.25, -0.2) is 4.98 Å². The molecule has 8 aromatic rings. The number of fused-ring (bicyclic) bond motifs is 4. The van der Waals surface area contributed by atoms with Crippen LogP contribution in [0.3, 0.4) is 0 Å². The standard InChI is InChI=1S/C45H38N4OSi/c1-31-14-12-15-32(2)45(31)33-26-27-46-44(28-33)47-40-21-9-8-20-38(40)39-25-24-37(30-43(39)47)51(3,4)36-19-13-18-35(29-36)49-42-23-11-10-22-41(42)48(50-49)34-16-6-5-7-17-34/h5-30H,1-4H3. The summed E-state index contributed by atoms with van der Waals surface area (Å²) in [6.07, 6.45) is 1.95. The summed E-state index contributed by atoms with van der Waals surface area (Å²) < 4.78 is 2.35. The zero-order valence-corrected chi connectivity index (χ0v) is 30.2. The lowest BCUT2D eigenvalue weighted by atomic mass is 9.96. The first kappa shape index (κ1) is 31.1. The van der Waals surface area contributed by atoms with Crippen LogP contribution in [0, 0.1) is 13.8 Å². The highest BCUT2D eigenvalue weighted by Gasteiger charge is 2.32. The van der Waals surface area contributed by atoms with E-state index in [1.165, 1.54) is 48.9 Å². The number of pyridine rings is 1. The molecule has 0 radical (unpaired) electrons. The molecule has 0 atom stereocenters. The Hall–Kier alpha value is -5.95. The number of aryl methyl sites for hydroxylation is 2. The Morgan fingerprint density at radius 3 is 1.94 bits per heavy atom. The quantitative estimate of drug-likeness (QED) is 0.164. The summed E-state index contributed by atoms with van der Waals surface area (Å²) in [4.78, 5) is 11.5. The van der Waals surface area contributed by atoms with Crippen molar-refractivity contribution in [3.05, 3.63) is 169 Å². The molecule has 6 heteroatoms. The van der Waals surface area contributed by atoms with Crippen molar-refractivity contribution in [2.24, 2.45) is 0 Å². The molecule has 0 saturated carbocycles. The van der Waals surface area contributed by atoms with Crippen LogP contribution in [-0.4, -0.2) is 17.6 Å². The van der Waals surface area contributed by atoms with Crippen molar-refractivity contribution in [2.75, 3.05) is 10.1 Å². The van der Waals surface area contributed by atoms with E-state index in [0.29, 0.717) is 0 Å². The van der Waals surface area contributed by atoms with Crippen LogP contribution in [0.2, 0.25) is 13.1 Å². The van der Waals surface area contributed by atoms with Crippen molar-refractivity contribution in [3.8, 4) is 16.9 Å². The summed E-state index contributed by atoms with van der Waals surface area (Å²) in [7, 11) is -2.21. The Labute approximate surface area is 299 Å². The number of rotatable bonds is 6. The van der Waals surface area contributed by atoms with Gasteiger partial charge in [-0.2, -0.15) is 10.1 Å². The fourth-order valence-electron chi connectivity index (χ4n) is 7.67. The normalized spacial score (nSPS) is 12.9. The minimum atomic E-state index is -2.21. The van der Waals surface area contributed by atoms with Crippen molar-refractivity contribution >= 4 is 63.0 Å². The Bertz CT molecular complexity index is 2570. The van der Waals surface area contributed by atoms with E-state index >= 15 is 0 Å². The lowest BCUT2D eigenvalue weighted by molar-refractivity contribution is 0.156. The number of hydrogen-bond acceptors (Lipinski definition) is 4. The Kier molecular flexibility index (Phi) is 7.38. The van der Waals surface area contributed by atoms with Crippen molar-refractivity contribution in [2.45, 2.75) is 26.9 Å².